The predicted molar refractivity (Wildman–Crippen MR) is 151 cm³/mol. The van der Waals surface area contributed by atoms with Crippen LogP contribution in [0.25, 0.3) is 0 Å². The average molecular weight is 543 g/mol. The van der Waals surface area contributed by atoms with Crippen LogP contribution in [0, 0.1) is 6.92 Å². The van der Waals surface area contributed by atoms with Crippen LogP contribution in [0.4, 0.5) is 10.5 Å². The number of methoxy groups -OCH3 is 1. The molecular formula is C31H34N4O5. The van der Waals surface area contributed by atoms with E-state index in [1.165, 1.54) is 0 Å². The quantitative estimate of drug-likeness (QED) is 0.484. The number of ether oxygens (including phenoxy) is 2. The van der Waals surface area contributed by atoms with E-state index in [-0.39, 0.29) is 18.4 Å². The minimum atomic E-state index is -0.796. The molecule has 40 heavy (non-hydrogen) atoms. The van der Waals surface area contributed by atoms with Crippen molar-refractivity contribution >= 4 is 23.6 Å². The molecule has 0 aliphatic carbocycles. The summed E-state index contributed by atoms with van der Waals surface area (Å²) in [6, 6.07) is 21.0. The van der Waals surface area contributed by atoms with E-state index in [1.807, 2.05) is 43.1 Å². The van der Waals surface area contributed by atoms with Crippen molar-refractivity contribution in [3.05, 3.63) is 95.1 Å². The number of hydrogen-bond donors (Lipinski definition) is 1. The number of piperazine rings is 1. The van der Waals surface area contributed by atoms with Gasteiger partial charge in [-0.1, -0.05) is 36.4 Å². The van der Waals surface area contributed by atoms with Crippen LogP contribution in [-0.2, 0) is 16.1 Å². The molecule has 2 heterocycles. The largest absolute Gasteiger partial charge is 0.497 e. The van der Waals surface area contributed by atoms with Gasteiger partial charge in [0, 0.05) is 37.4 Å². The Morgan fingerprint density at radius 3 is 2.27 bits per heavy atom. The highest BCUT2D eigenvalue weighted by Gasteiger charge is 2.48. The minimum absolute atomic E-state index is 0.116. The fourth-order valence-corrected chi connectivity index (χ4v) is 5.08. The van der Waals surface area contributed by atoms with Gasteiger partial charge >= 0.3 is 6.09 Å². The van der Waals surface area contributed by atoms with Crippen LogP contribution in [0.1, 0.15) is 33.2 Å². The monoisotopic (exact) mass is 542 g/mol. The molecular weight excluding hydrogens is 508 g/mol. The number of benzene rings is 3. The molecule has 2 saturated heterocycles. The lowest BCUT2D eigenvalue weighted by Gasteiger charge is -2.36. The van der Waals surface area contributed by atoms with Crippen LogP contribution in [0.5, 0.6) is 5.75 Å². The lowest BCUT2D eigenvalue weighted by molar-refractivity contribution is -0.138. The van der Waals surface area contributed by atoms with Crippen LogP contribution < -0.4 is 10.1 Å². The number of carbonyl (C=O) groups is 3. The molecule has 2 atom stereocenters. The van der Waals surface area contributed by atoms with Crippen LogP contribution in [0.2, 0.25) is 0 Å². The van der Waals surface area contributed by atoms with E-state index < -0.39 is 18.2 Å². The zero-order valence-electron chi connectivity index (χ0n) is 23.0. The lowest BCUT2D eigenvalue weighted by atomic mass is 9.99. The number of hydrogen-bond acceptors (Lipinski definition) is 6. The van der Waals surface area contributed by atoms with Gasteiger partial charge < -0.3 is 24.6 Å². The molecule has 3 aromatic rings. The first-order valence-electron chi connectivity index (χ1n) is 13.4. The second kappa shape index (κ2) is 11.8. The van der Waals surface area contributed by atoms with Crippen LogP contribution in [0.3, 0.4) is 0 Å². The number of rotatable bonds is 7. The zero-order chi connectivity index (χ0) is 28.2. The maximum atomic E-state index is 13.9. The van der Waals surface area contributed by atoms with Gasteiger partial charge in [-0.25, -0.2) is 4.79 Å². The molecule has 2 aliphatic rings. The molecule has 208 valence electrons. The van der Waals surface area contributed by atoms with Crippen LogP contribution >= 0.6 is 0 Å². The first-order valence-corrected chi connectivity index (χ1v) is 13.4. The standard InChI is InChI=1S/C31H34N4O5/c1-21-6-4-5-7-24(21)20-35-27(30(37)34-18-16-33(2)17-19-34)28(40-31(35)38)22-8-12-25(13-9-22)32-29(36)23-10-14-26(39-3)15-11-23/h4-15,27-28H,16-20H2,1-3H3,(H,32,36)/t27-,28+/m0/s1. The Morgan fingerprint density at radius 1 is 0.950 bits per heavy atom. The fourth-order valence-electron chi connectivity index (χ4n) is 5.08. The van der Waals surface area contributed by atoms with Crippen molar-refractivity contribution < 1.29 is 23.9 Å². The molecule has 3 aromatic carbocycles. The van der Waals surface area contributed by atoms with Crippen molar-refractivity contribution in [2.45, 2.75) is 25.6 Å². The molecule has 9 nitrogen and oxygen atoms in total. The van der Waals surface area contributed by atoms with E-state index in [9.17, 15) is 14.4 Å². The fraction of sp³-hybridized carbons (Fsp3) is 0.323. The first-order chi connectivity index (χ1) is 19.3. The number of aryl methyl sites for hydroxylation is 1. The summed E-state index contributed by atoms with van der Waals surface area (Å²) in [6.45, 7) is 5.02. The number of nitrogens with zero attached hydrogens (tertiary/aromatic N) is 3. The van der Waals surface area contributed by atoms with Crippen LogP contribution in [-0.4, -0.2) is 79.0 Å². The number of amides is 3. The molecule has 2 aliphatic heterocycles. The molecule has 0 saturated carbocycles. The first kappa shape index (κ1) is 27.2. The number of likely N-dealkylation sites (N-methyl/N-ethyl adjacent to an activating group) is 1. The molecule has 0 radical (unpaired) electrons. The average Bonchev–Trinajstić information content (AvgIpc) is 3.30. The molecule has 3 amide bonds. The maximum Gasteiger partial charge on any atom is 0.411 e. The smallest absolute Gasteiger partial charge is 0.411 e. The zero-order valence-corrected chi connectivity index (χ0v) is 23.0. The molecule has 0 spiro atoms. The van der Waals surface area contributed by atoms with Gasteiger partial charge in [0.25, 0.3) is 5.91 Å². The van der Waals surface area contributed by atoms with Crippen molar-refractivity contribution in [2.75, 3.05) is 45.7 Å². The Labute approximate surface area is 234 Å². The minimum Gasteiger partial charge on any atom is -0.497 e. The summed E-state index contributed by atoms with van der Waals surface area (Å²) < 4.78 is 11.0. The SMILES string of the molecule is COc1ccc(C(=O)Nc2ccc([C@H]3OC(=O)N(Cc4ccccc4C)[C@@H]3C(=O)N3CCN(C)CC3)cc2)cc1. The topological polar surface area (TPSA) is 91.4 Å². The van der Waals surface area contributed by atoms with E-state index in [4.69, 9.17) is 9.47 Å². The number of anilines is 1. The summed E-state index contributed by atoms with van der Waals surface area (Å²) >= 11 is 0. The summed E-state index contributed by atoms with van der Waals surface area (Å²) in [5.41, 5.74) is 3.79. The van der Waals surface area contributed by atoms with Gasteiger partial charge in [0.05, 0.1) is 13.7 Å². The molecule has 0 bridgehead atoms. The molecule has 9 heteroatoms. The normalized spacial score (nSPS) is 19.3. The van der Waals surface area contributed by atoms with E-state index in [1.54, 1.807) is 60.5 Å². The number of nitrogens with one attached hydrogen (secondary N) is 1. The van der Waals surface area contributed by atoms with Gasteiger partial charge in [-0.15, -0.1) is 0 Å². The molecule has 0 aromatic heterocycles. The highest BCUT2D eigenvalue weighted by molar-refractivity contribution is 6.04. The summed E-state index contributed by atoms with van der Waals surface area (Å²) in [7, 11) is 3.61. The summed E-state index contributed by atoms with van der Waals surface area (Å²) in [5, 5.41) is 2.88. The van der Waals surface area contributed by atoms with Crippen molar-refractivity contribution in [1.29, 1.82) is 0 Å². The Hall–Kier alpha value is -4.37. The molecule has 1 N–H and O–H groups in total. The molecule has 5 rings (SSSR count). The van der Waals surface area contributed by atoms with Gasteiger partial charge in [-0.3, -0.25) is 14.5 Å². The van der Waals surface area contributed by atoms with Gasteiger partial charge in [-0.05, 0) is 67.1 Å². The lowest BCUT2D eigenvalue weighted by Crippen LogP contribution is -2.54. The third kappa shape index (κ3) is 5.79. The second-order valence-corrected chi connectivity index (χ2v) is 10.2. The summed E-state index contributed by atoms with van der Waals surface area (Å²) in [4.78, 5) is 45.4. The molecule has 0 unspecified atom stereocenters. The Bertz CT molecular complexity index is 1370. The maximum absolute atomic E-state index is 13.9. The third-order valence-corrected chi connectivity index (χ3v) is 7.60. The van der Waals surface area contributed by atoms with Crippen molar-refractivity contribution in [1.82, 2.24) is 14.7 Å². The highest BCUT2D eigenvalue weighted by atomic mass is 16.6. The Morgan fingerprint density at radius 2 is 1.62 bits per heavy atom. The number of carbonyl (C=O) groups excluding carboxylic acids is 3. The van der Waals surface area contributed by atoms with E-state index >= 15 is 0 Å². The summed E-state index contributed by atoms with van der Waals surface area (Å²) in [6.07, 6.45) is -1.28. The van der Waals surface area contributed by atoms with Crippen molar-refractivity contribution in [3.8, 4) is 5.75 Å². The Kier molecular flexibility index (Phi) is 8.02. The predicted octanol–water partition coefficient (Wildman–Crippen LogP) is 4.09. The van der Waals surface area contributed by atoms with E-state index in [0.717, 1.165) is 24.2 Å². The van der Waals surface area contributed by atoms with Gasteiger partial charge in [0.2, 0.25) is 5.91 Å². The van der Waals surface area contributed by atoms with Gasteiger partial charge in [-0.2, -0.15) is 0 Å². The van der Waals surface area contributed by atoms with E-state index in [0.29, 0.717) is 35.7 Å². The van der Waals surface area contributed by atoms with E-state index in [2.05, 4.69) is 10.2 Å². The second-order valence-electron chi connectivity index (χ2n) is 10.2. The van der Waals surface area contributed by atoms with Crippen LogP contribution in [0.15, 0.2) is 72.8 Å². The molecule has 2 fully saturated rings. The van der Waals surface area contributed by atoms with Gasteiger partial charge in [0.15, 0.2) is 12.1 Å². The van der Waals surface area contributed by atoms with Crippen molar-refractivity contribution in [3.63, 3.8) is 0 Å². The van der Waals surface area contributed by atoms with Crippen molar-refractivity contribution in [2.24, 2.45) is 0 Å². The Balaban J connectivity index is 1.37. The third-order valence-electron chi connectivity index (χ3n) is 7.60. The highest BCUT2D eigenvalue weighted by Crippen LogP contribution is 2.36. The summed E-state index contributed by atoms with van der Waals surface area (Å²) in [5.74, 6) is 0.300. The van der Waals surface area contributed by atoms with Gasteiger partial charge in [0.1, 0.15) is 5.75 Å². The number of cyclic esters (lactones) is 1.